The Morgan fingerprint density at radius 1 is 0.759 bits per heavy atom. The number of aromatic nitrogens is 2. The molecule has 1 heterocycles. The molecule has 0 atom stereocenters. The predicted octanol–water partition coefficient (Wildman–Crippen LogP) is 7.84. The van der Waals surface area contributed by atoms with E-state index in [0.29, 0.717) is 32.9 Å². The van der Waals surface area contributed by atoms with Crippen LogP contribution in [0, 0.1) is 6.92 Å². The van der Waals surface area contributed by atoms with Crippen LogP contribution in [0.15, 0.2) is 89.2 Å². The fourth-order valence-electron chi connectivity index (χ4n) is 2.81. The van der Waals surface area contributed by atoms with Gasteiger partial charge in [0.2, 0.25) is 0 Å². The average Bonchev–Trinajstić information content (AvgIpc) is 2.73. The molecular weight excluding hydrogens is 403 g/mol. The zero-order valence-electron chi connectivity index (χ0n) is 15.6. The van der Waals surface area contributed by atoms with Crippen molar-refractivity contribution < 1.29 is 0 Å². The number of hydrogen-bond donors (Lipinski definition) is 0. The van der Waals surface area contributed by atoms with Gasteiger partial charge in [-0.2, -0.15) is 5.11 Å². The Labute approximate surface area is 178 Å². The molecule has 0 aliphatic heterocycles. The van der Waals surface area contributed by atoms with Crippen molar-refractivity contribution in [2.45, 2.75) is 6.92 Å². The van der Waals surface area contributed by atoms with Crippen LogP contribution in [0.1, 0.15) is 5.56 Å². The van der Waals surface area contributed by atoms with Crippen molar-refractivity contribution in [1.82, 2.24) is 9.97 Å². The second kappa shape index (κ2) is 8.52. The van der Waals surface area contributed by atoms with E-state index >= 15 is 0 Å². The predicted molar refractivity (Wildman–Crippen MR) is 118 cm³/mol. The zero-order valence-corrected chi connectivity index (χ0v) is 17.1. The molecule has 0 spiro atoms. The van der Waals surface area contributed by atoms with Crippen LogP contribution in [0.25, 0.3) is 22.6 Å². The zero-order chi connectivity index (χ0) is 20.2. The number of nitrogens with zero attached hydrogens (tertiary/aromatic N) is 4. The van der Waals surface area contributed by atoms with E-state index in [1.807, 2.05) is 61.5 Å². The van der Waals surface area contributed by atoms with Gasteiger partial charge in [-0.05, 0) is 25.1 Å². The third-order valence-electron chi connectivity index (χ3n) is 4.25. The van der Waals surface area contributed by atoms with E-state index in [-0.39, 0.29) is 0 Å². The van der Waals surface area contributed by atoms with E-state index in [9.17, 15) is 0 Å². The van der Waals surface area contributed by atoms with Crippen LogP contribution >= 0.6 is 23.2 Å². The Morgan fingerprint density at radius 2 is 1.45 bits per heavy atom. The molecule has 3 aromatic carbocycles. The van der Waals surface area contributed by atoms with Crippen molar-refractivity contribution in [3.05, 3.63) is 94.6 Å². The third kappa shape index (κ3) is 4.67. The van der Waals surface area contributed by atoms with Gasteiger partial charge in [-0.1, -0.05) is 83.4 Å². The number of halogens is 2. The van der Waals surface area contributed by atoms with Crippen molar-refractivity contribution in [2.24, 2.45) is 10.2 Å². The third-order valence-corrected chi connectivity index (χ3v) is 4.68. The maximum Gasteiger partial charge on any atom is 0.159 e. The molecule has 0 bridgehead atoms. The van der Waals surface area contributed by atoms with E-state index in [4.69, 9.17) is 28.2 Å². The molecule has 0 unspecified atom stereocenters. The normalized spacial score (nSPS) is 11.1. The van der Waals surface area contributed by atoms with Gasteiger partial charge in [-0.25, -0.2) is 9.97 Å². The van der Waals surface area contributed by atoms with Crippen LogP contribution < -0.4 is 0 Å². The molecule has 0 saturated carbocycles. The van der Waals surface area contributed by atoms with Gasteiger partial charge in [-0.15, -0.1) is 5.11 Å². The summed E-state index contributed by atoms with van der Waals surface area (Å²) >= 11 is 12.1. The Balaban J connectivity index is 1.80. The maximum atomic E-state index is 6.05. The first kappa shape index (κ1) is 19.2. The fourth-order valence-corrected chi connectivity index (χ4v) is 3.32. The molecule has 142 valence electrons. The summed E-state index contributed by atoms with van der Waals surface area (Å²) in [6, 6.07) is 23.0. The molecule has 0 aliphatic rings. The van der Waals surface area contributed by atoms with E-state index < -0.39 is 0 Å². The summed E-state index contributed by atoms with van der Waals surface area (Å²) < 4.78 is 0. The lowest BCUT2D eigenvalue weighted by molar-refractivity contribution is 1.13. The molecule has 4 rings (SSSR count). The molecule has 0 saturated heterocycles. The molecule has 0 N–H and O–H groups in total. The smallest absolute Gasteiger partial charge is 0.159 e. The average molecular weight is 419 g/mol. The molecular formula is C23H16Cl2N4. The first-order valence-corrected chi connectivity index (χ1v) is 9.71. The van der Waals surface area contributed by atoms with Crippen LogP contribution in [0.5, 0.6) is 0 Å². The van der Waals surface area contributed by atoms with Crippen molar-refractivity contribution in [2.75, 3.05) is 0 Å². The lowest BCUT2D eigenvalue weighted by Gasteiger charge is -2.08. The highest BCUT2D eigenvalue weighted by Crippen LogP contribution is 2.32. The van der Waals surface area contributed by atoms with Crippen molar-refractivity contribution >= 4 is 34.6 Å². The lowest BCUT2D eigenvalue weighted by atomic mass is 10.1. The highest BCUT2D eigenvalue weighted by Gasteiger charge is 2.11. The van der Waals surface area contributed by atoms with Crippen molar-refractivity contribution in [1.29, 1.82) is 0 Å². The van der Waals surface area contributed by atoms with Gasteiger partial charge in [0.15, 0.2) is 5.82 Å². The van der Waals surface area contributed by atoms with Gasteiger partial charge in [0.25, 0.3) is 0 Å². The molecule has 1 aromatic heterocycles. The monoisotopic (exact) mass is 418 g/mol. The van der Waals surface area contributed by atoms with Crippen LogP contribution in [0.4, 0.5) is 11.4 Å². The topological polar surface area (TPSA) is 50.5 Å². The lowest BCUT2D eigenvalue weighted by Crippen LogP contribution is -1.92. The first-order chi connectivity index (χ1) is 14.1. The molecule has 0 fully saturated rings. The first-order valence-electron chi connectivity index (χ1n) is 8.96. The fraction of sp³-hybridized carbons (Fsp3) is 0.0435. The van der Waals surface area contributed by atoms with E-state index in [1.165, 1.54) is 5.56 Å². The number of rotatable bonds is 4. The minimum Gasteiger partial charge on any atom is -0.234 e. The summed E-state index contributed by atoms with van der Waals surface area (Å²) in [5.74, 6) is 0.630. The molecule has 4 nitrogen and oxygen atoms in total. The molecule has 0 amide bonds. The second-order valence-corrected chi connectivity index (χ2v) is 7.36. The second-order valence-electron chi connectivity index (χ2n) is 6.49. The van der Waals surface area contributed by atoms with E-state index in [0.717, 1.165) is 11.1 Å². The van der Waals surface area contributed by atoms with E-state index in [1.54, 1.807) is 24.4 Å². The summed E-state index contributed by atoms with van der Waals surface area (Å²) in [5.41, 5.74) is 4.87. The summed E-state index contributed by atoms with van der Waals surface area (Å²) in [6.07, 6.45) is 1.68. The SMILES string of the molecule is Cc1ccc(-c2nc(-c3ccccc3)ncc2N=Nc2cc(Cl)cc(Cl)c2)cc1. The molecule has 0 radical (unpaired) electrons. The number of azo groups is 1. The minimum absolute atomic E-state index is 0.501. The Bertz CT molecular complexity index is 1150. The molecule has 6 heteroatoms. The highest BCUT2D eigenvalue weighted by atomic mass is 35.5. The standard InChI is InChI=1S/C23H16Cl2N4/c1-15-7-9-16(10-8-15)22-21(29-28-20-12-18(24)11-19(25)13-20)14-26-23(27-22)17-5-3-2-4-6-17/h2-14H,1H3. The van der Waals surface area contributed by atoms with E-state index in [2.05, 4.69) is 15.2 Å². The Kier molecular flexibility index (Phi) is 5.65. The summed E-state index contributed by atoms with van der Waals surface area (Å²) in [7, 11) is 0. The summed E-state index contributed by atoms with van der Waals surface area (Å²) in [6.45, 7) is 2.04. The van der Waals surface area contributed by atoms with Crippen LogP contribution in [0.3, 0.4) is 0 Å². The summed E-state index contributed by atoms with van der Waals surface area (Å²) in [4.78, 5) is 9.26. The number of hydrogen-bond acceptors (Lipinski definition) is 4. The van der Waals surface area contributed by atoms with Gasteiger partial charge < -0.3 is 0 Å². The molecule has 0 aliphatic carbocycles. The van der Waals surface area contributed by atoms with Gasteiger partial charge in [-0.3, -0.25) is 0 Å². The van der Waals surface area contributed by atoms with Gasteiger partial charge in [0.05, 0.1) is 11.9 Å². The van der Waals surface area contributed by atoms with Crippen molar-refractivity contribution in [3.63, 3.8) is 0 Å². The van der Waals surface area contributed by atoms with Crippen molar-refractivity contribution in [3.8, 4) is 22.6 Å². The van der Waals surface area contributed by atoms with Gasteiger partial charge in [0, 0.05) is 21.2 Å². The number of benzene rings is 3. The molecule has 29 heavy (non-hydrogen) atoms. The maximum absolute atomic E-state index is 6.05. The summed E-state index contributed by atoms with van der Waals surface area (Å²) in [5, 5.41) is 9.66. The minimum atomic E-state index is 0.501. The largest absolute Gasteiger partial charge is 0.234 e. The number of aryl methyl sites for hydroxylation is 1. The highest BCUT2D eigenvalue weighted by molar-refractivity contribution is 6.35. The van der Waals surface area contributed by atoms with Gasteiger partial charge >= 0.3 is 0 Å². The van der Waals surface area contributed by atoms with Gasteiger partial charge in [0.1, 0.15) is 11.4 Å². The van der Waals surface area contributed by atoms with Crippen LogP contribution in [-0.4, -0.2) is 9.97 Å². The van der Waals surface area contributed by atoms with Crippen LogP contribution in [0.2, 0.25) is 10.0 Å². The van der Waals surface area contributed by atoms with Crippen LogP contribution in [-0.2, 0) is 0 Å². The quantitative estimate of drug-likeness (QED) is 0.316. The Morgan fingerprint density at radius 3 is 2.14 bits per heavy atom. The Hall–Kier alpha value is -3.08. The molecule has 4 aromatic rings.